The molecule has 0 bridgehead atoms. The summed E-state index contributed by atoms with van der Waals surface area (Å²) in [7, 11) is 0. The van der Waals surface area contributed by atoms with Crippen molar-refractivity contribution < 1.29 is 19.8 Å². The van der Waals surface area contributed by atoms with Crippen molar-refractivity contribution in [2.45, 2.75) is 0 Å². The largest absolute Gasteiger partial charge is 0.508 e. The van der Waals surface area contributed by atoms with Crippen LogP contribution in [0.1, 0.15) is 20.7 Å². The lowest BCUT2D eigenvalue weighted by Gasteiger charge is -2.03. The zero-order valence-electron chi connectivity index (χ0n) is 9.04. The molecule has 1 amide bonds. The lowest BCUT2D eigenvalue weighted by atomic mass is 10.2. The molecule has 0 spiro atoms. The number of aromatic hydroxyl groups is 1. The van der Waals surface area contributed by atoms with E-state index in [4.69, 9.17) is 10.2 Å². The Hall–Kier alpha value is -2.83. The van der Waals surface area contributed by atoms with Gasteiger partial charge in [-0.05, 0) is 24.3 Å². The maximum atomic E-state index is 11.8. The van der Waals surface area contributed by atoms with E-state index in [1.807, 2.05) is 0 Å². The Bertz CT molecular complexity index is 589. The van der Waals surface area contributed by atoms with Crippen molar-refractivity contribution in [1.82, 2.24) is 10.2 Å². The first-order valence-electron chi connectivity index (χ1n) is 4.95. The highest BCUT2D eigenvalue weighted by Crippen LogP contribution is 2.14. The molecule has 18 heavy (non-hydrogen) atoms. The van der Waals surface area contributed by atoms with E-state index in [-0.39, 0.29) is 17.1 Å². The van der Waals surface area contributed by atoms with Crippen LogP contribution in [-0.2, 0) is 0 Å². The lowest BCUT2D eigenvalue weighted by Crippen LogP contribution is -2.14. The van der Waals surface area contributed by atoms with E-state index in [9.17, 15) is 9.59 Å². The van der Waals surface area contributed by atoms with Crippen molar-refractivity contribution in [3.8, 4) is 5.75 Å². The number of anilines is 1. The molecule has 0 radical (unpaired) electrons. The van der Waals surface area contributed by atoms with E-state index in [1.54, 1.807) is 0 Å². The van der Waals surface area contributed by atoms with Crippen LogP contribution in [-0.4, -0.2) is 32.3 Å². The number of amides is 1. The Kier molecular flexibility index (Phi) is 2.96. The number of carbonyl (C=O) groups excluding carboxylic acids is 1. The molecular weight excluding hydrogens is 238 g/mol. The quantitative estimate of drug-likeness (QED) is 0.647. The van der Waals surface area contributed by atoms with E-state index < -0.39 is 11.9 Å². The Morgan fingerprint density at radius 1 is 1.22 bits per heavy atom. The van der Waals surface area contributed by atoms with Crippen LogP contribution >= 0.6 is 0 Å². The molecule has 4 N–H and O–H groups in total. The average molecular weight is 247 g/mol. The number of aromatic carboxylic acids is 1. The van der Waals surface area contributed by atoms with Crippen molar-refractivity contribution >= 4 is 17.7 Å². The van der Waals surface area contributed by atoms with Gasteiger partial charge in [-0.1, -0.05) is 0 Å². The first-order chi connectivity index (χ1) is 8.58. The number of nitrogens with zero attached hydrogens (tertiary/aromatic N) is 1. The van der Waals surface area contributed by atoms with Gasteiger partial charge in [0, 0.05) is 5.56 Å². The number of phenolic OH excluding ortho intramolecular Hbond substituents is 1. The summed E-state index contributed by atoms with van der Waals surface area (Å²) in [4.78, 5) is 22.6. The van der Waals surface area contributed by atoms with Gasteiger partial charge in [0.15, 0.2) is 0 Å². The topological polar surface area (TPSA) is 115 Å². The molecule has 0 aliphatic heterocycles. The number of benzene rings is 1. The number of hydrogen-bond acceptors (Lipinski definition) is 4. The lowest BCUT2D eigenvalue weighted by molar-refractivity contribution is 0.0698. The Labute approximate surface area is 101 Å². The van der Waals surface area contributed by atoms with Gasteiger partial charge < -0.3 is 15.5 Å². The second-order valence-corrected chi connectivity index (χ2v) is 3.46. The van der Waals surface area contributed by atoms with Gasteiger partial charge in [0.25, 0.3) is 5.91 Å². The molecule has 0 saturated carbocycles. The first-order valence-corrected chi connectivity index (χ1v) is 4.95. The van der Waals surface area contributed by atoms with Crippen molar-refractivity contribution in [2.24, 2.45) is 0 Å². The Morgan fingerprint density at radius 3 is 2.50 bits per heavy atom. The van der Waals surface area contributed by atoms with Crippen LogP contribution in [0.25, 0.3) is 0 Å². The summed E-state index contributed by atoms with van der Waals surface area (Å²) >= 11 is 0. The number of hydrogen-bond donors (Lipinski definition) is 4. The fourth-order valence-electron chi connectivity index (χ4n) is 1.34. The Balaban J connectivity index is 2.19. The minimum Gasteiger partial charge on any atom is -0.508 e. The van der Waals surface area contributed by atoms with Crippen LogP contribution in [0.2, 0.25) is 0 Å². The molecule has 92 valence electrons. The average Bonchev–Trinajstić information content (AvgIpc) is 2.78. The van der Waals surface area contributed by atoms with Crippen LogP contribution in [0.4, 0.5) is 5.82 Å². The normalized spacial score (nSPS) is 10.0. The molecule has 0 aliphatic carbocycles. The van der Waals surface area contributed by atoms with E-state index in [0.29, 0.717) is 5.56 Å². The summed E-state index contributed by atoms with van der Waals surface area (Å²) in [6.07, 6.45) is 1.11. The number of aromatic amines is 1. The van der Waals surface area contributed by atoms with Crippen molar-refractivity contribution in [3.63, 3.8) is 0 Å². The predicted octanol–water partition coefficient (Wildman–Crippen LogP) is 1.07. The van der Waals surface area contributed by atoms with E-state index in [0.717, 1.165) is 6.20 Å². The fraction of sp³-hybridized carbons (Fsp3) is 0. The summed E-state index contributed by atoms with van der Waals surface area (Å²) in [6.45, 7) is 0. The number of nitrogens with one attached hydrogen (secondary N) is 2. The predicted molar refractivity (Wildman–Crippen MR) is 61.6 cm³/mol. The van der Waals surface area contributed by atoms with Crippen LogP contribution in [0.15, 0.2) is 30.5 Å². The summed E-state index contributed by atoms with van der Waals surface area (Å²) in [5.41, 5.74) is 0.167. The molecule has 0 saturated heterocycles. The number of H-pyrrole nitrogens is 1. The molecule has 7 nitrogen and oxygen atoms in total. The van der Waals surface area contributed by atoms with Gasteiger partial charge in [0.2, 0.25) is 0 Å². The number of carboxylic acids is 1. The van der Waals surface area contributed by atoms with Gasteiger partial charge in [0.1, 0.15) is 17.1 Å². The summed E-state index contributed by atoms with van der Waals surface area (Å²) in [5.74, 6) is -1.63. The van der Waals surface area contributed by atoms with Crippen molar-refractivity contribution in [2.75, 3.05) is 5.32 Å². The van der Waals surface area contributed by atoms with Gasteiger partial charge in [-0.15, -0.1) is 0 Å². The summed E-state index contributed by atoms with van der Waals surface area (Å²) in [5, 5.41) is 26.2. The minimum absolute atomic E-state index is 0.0144. The monoisotopic (exact) mass is 247 g/mol. The van der Waals surface area contributed by atoms with Gasteiger partial charge in [-0.2, -0.15) is 5.10 Å². The number of aromatic nitrogens is 2. The minimum atomic E-state index is -1.19. The van der Waals surface area contributed by atoms with Gasteiger partial charge in [-0.25, -0.2) is 4.79 Å². The first kappa shape index (κ1) is 11.6. The number of rotatable bonds is 3. The molecule has 7 heteroatoms. The van der Waals surface area contributed by atoms with Gasteiger partial charge in [-0.3, -0.25) is 9.89 Å². The van der Waals surface area contributed by atoms with Gasteiger partial charge >= 0.3 is 5.97 Å². The van der Waals surface area contributed by atoms with Crippen molar-refractivity contribution in [3.05, 3.63) is 41.6 Å². The molecule has 0 fully saturated rings. The fourth-order valence-corrected chi connectivity index (χ4v) is 1.34. The molecule has 1 aromatic heterocycles. The highest BCUT2D eigenvalue weighted by molar-refractivity contribution is 6.06. The summed E-state index contributed by atoms with van der Waals surface area (Å²) < 4.78 is 0. The molecule has 1 aromatic carbocycles. The Morgan fingerprint density at radius 2 is 1.89 bits per heavy atom. The number of phenols is 1. The second-order valence-electron chi connectivity index (χ2n) is 3.46. The number of carbonyl (C=O) groups is 2. The second kappa shape index (κ2) is 4.58. The van der Waals surface area contributed by atoms with Crippen LogP contribution in [0, 0.1) is 0 Å². The van der Waals surface area contributed by atoms with Crippen LogP contribution in [0.3, 0.4) is 0 Å². The molecule has 0 aliphatic rings. The standard InChI is InChI=1S/C11H9N3O4/c15-7-3-1-6(2-4-7)10(16)13-9-8(11(17)18)5-12-14-9/h1-5,15H,(H,17,18)(H2,12,13,14,16). The highest BCUT2D eigenvalue weighted by Gasteiger charge is 2.15. The molecule has 1 heterocycles. The summed E-state index contributed by atoms with van der Waals surface area (Å²) in [6, 6.07) is 5.56. The zero-order valence-corrected chi connectivity index (χ0v) is 9.04. The van der Waals surface area contributed by atoms with Crippen LogP contribution in [0.5, 0.6) is 5.75 Å². The smallest absolute Gasteiger partial charge is 0.341 e. The third kappa shape index (κ3) is 2.29. The van der Waals surface area contributed by atoms with Crippen molar-refractivity contribution in [1.29, 1.82) is 0 Å². The van der Waals surface area contributed by atoms with E-state index in [1.165, 1.54) is 24.3 Å². The molecular formula is C11H9N3O4. The third-order valence-electron chi connectivity index (χ3n) is 2.24. The highest BCUT2D eigenvalue weighted by atomic mass is 16.4. The number of carboxylic acid groups (broad SMARTS) is 1. The molecule has 2 aromatic rings. The maximum absolute atomic E-state index is 11.8. The molecule has 0 atom stereocenters. The SMILES string of the molecule is O=C(Nc1[nH]ncc1C(=O)O)c1ccc(O)cc1. The molecule has 2 rings (SSSR count). The van der Waals surface area contributed by atoms with E-state index in [2.05, 4.69) is 15.5 Å². The van der Waals surface area contributed by atoms with Crippen LogP contribution < -0.4 is 5.32 Å². The third-order valence-corrected chi connectivity index (χ3v) is 2.24. The molecule has 0 unspecified atom stereocenters. The zero-order chi connectivity index (χ0) is 13.1. The maximum Gasteiger partial charge on any atom is 0.341 e. The van der Waals surface area contributed by atoms with E-state index >= 15 is 0 Å². The van der Waals surface area contributed by atoms with Gasteiger partial charge in [0.05, 0.1) is 6.20 Å².